The minimum Gasteiger partial charge on any atom is -0.496 e. The predicted octanol–water partition coefficient (Wildman–Crippen LogP) is 2.00. The Morgan fingerprint density at radius 2 is 1.81 bits per heavy atom. The fraction of sp³-hybridized carbons (Fsp3) is 0.538. The van der Waals surface area contributed by atoms with Crippen molar-refractivity contribution in [3.8, 4) is 11.5 Å². The second-order valence-corrected chi connectivity index (χ2v) is 4.12. The standard InChI is InChI=1S/C13H19NO2/c1-15-12-4-3-5-13(16-2)11(12)8-9-14-10-6-7-10/h3-5,10,14H,6-9H2,1-2H3. The van der Waals surface area contributed by atoms with Crippen molar-refractivity contribution in [1.29, 1.82) is 0 Å². The number of benzene rings is 1. The molecule has 1 aliphatic carbocycles. The Kier molecular flexibility index (Phi) is 3.67. The van der Waals surface area contributed by atoms with E-state index in [-0.39, 0.29) is 0 Å². The first-order valence-corrected chi connectivity index (χ1v) is 5.78. The summed E-state index contributed by atoms with van der Waals surface area (Å²) in [7, 11) is 3.40. The first kappa shape index (κ1) is 11.3. The Morgan fingerprint density at radius 1 is 1.19 bits per heavy atom. The van der Waals surface area contributed by atoms with Gasteiger partial charge in [0.05, 0.1) is 14.2 Å². The second kappa shape index (κ2) is 5.21. The number of hydrogen-bond acceptors (Lipinski definition) is 3. The van der Waals surface area contributed by atoms with E-state index in [1.165, 1.54) is 12.8 Å². The quantitative estimate of drug-likeness (QED) is 0.797. The van der Waals surface area contributed by atoms with Crippen LogP contribution >= 0.6 is 0 Å². The number of methoxy groups -OCH3 is 2. The molecule has 1 aromatic rings. The van der Waals surface area contributed by atoms with Crippen molar-refractivity contribution in [2.24, 2.45) is 0 Å². The molecule has 1 aromatic carbocycles. The Morgan fingerprint density at radius 3 is 2.31 bits per heavy atom. The van der Waals surface area contributed by atoms with E-state index in [1.54, 1.807) is 14.2 Å². The van der Waals surface area contributed by atoms with Gasteiger partial charge in [0, 0.05) is 11.6 Å². The van der Waals surface area contributed by atoms with Crippen LogP contribution in [0.25, 0.3) is 0 Å². The Hall–Kier alpha value is -1.22. The summed E-state index contributed by atoms with van der Waals surface area (Å²) in [5.74, 6) is 1.83. The molecule has 0 radical (unpaired) electrons. The molecule has 0 aliphatic heterocycles. The average molecular weight is 221 g/mol. The molecule has 3 heteroatoms. The first-order valence-electron chi connectivity index (χ1n) is 5.78. The molecule has 0 heterocycles. The predicted molar refractivity (Wildman–Crippen MR) is 64.3 cm³/mol. The van der Waals surface area contributed by atoms with Crippen molar-refractivity contribution in [2.75, 3.05) is 20.8 Å². The molecule has 3 nitrogen and oxygen atoms in total. The zero-order chi connectivity index (χ0) is 11.4. The van der Waals surface area contributed by atoms with E-state index in [0.29, 0.717) is 0 Å². The Labute approximate surface area is 96.8 Å². The lowest BCUT2D eigenvalue weighted by atomic mass is 10.1. The normalized spacial score (nSPS) is 14.9. The van der Waals surface area contributed by atoms with Gasteiger partial charge in [0.2, 0.25) is 0 Å². The summed E-state index contributed by atoms with van der Waals surface area (Å²) in [4.78, 5) is 0. The van der Waals surface area contributed by atoms with Gasteiger partial charge in [0.25, 0.3) is 0 Å². The third kappa shape index (κ3) is 2.67. The Bertz CT molecular complexity index is 326. The van der Waals surface area contributed by atoms with Crippen LogP contribution in [0.1, 0.15) is 18.4 Å². The molecule has 1 saturated carbocycles. The van der Waals surface area contributed by atoms with Gasteiger partial charge in [-0.3, -0.25) is 0 Å². The first-order chi connectivity index (χ1) is 7.85. The molecule has 0 aromatic heterocycles. The van der Waals surface area contributed by atoms with Gasteiger partial charge in [-0.1, -0.05) is 6.07 Å². The molecule has 0 amide bonds. The molecule has 1 aliphatic rings. The van der Waals surface area contributed by atoms with Gasteiger partial charge in [0.15, 0.2) is 0 Å². The highest BCUT2D eigenvalue weighted by Gasteiger charge is 2.20. The van der Waals surface area contributed by atoms with E-state index >= 15 is 0 Å². The second-order valence-electron chi connectivity index (χ2n) is 4.12. The summed E-state index contributed by atoms with van der Waals surface area (Å²) in [6.07, 6.45) is 3.59. The zero-order valence-corrected chi connectivity index (χ0v) is 9.95. The van der Waals surface area contributed by atoms with Crippen LogP contribution in [-0.2, 0) is 6.42 Å². The summed E-state index contributed by atoms with van der Waals surface area (Å²) >= 11 is 0. The monoisotopic (exact) mass is 221 g/mol. The molecule has 0 atom stereocenters. The maximum atomic E-state index is 5.35. The van der Waals surface area contributed by atoms with E-state index in [1.807, 2.05) is 18.2 Å². The minimum absolute atomic E-state index is 0.751. The van der Waals surface area contributed by atoms with Gasteiger partial charge in [-0.15, -0.1) is 0 Å². The van der Waals surface area contributed by atoms with Gasteiger partial charge in [-0.05, 0) is 37.9 Å². The maximum absolute atomic E-state index is 5.35. The fourth-order valence-electron chi connectivity index (χ4n) is 1.86. The van der Waals surface area contributed by atoms with Gasteiger partial charge in [0.1, 0.15) is 11.5 Å². The van der Waals surface area contributed by atoms with Crippen LogP contribution in [0, 0.1) is 0 Å². The van der Waals surface area contributed by atoms with Crippen molar-refractivity contribution >= 4 is 0 Å². The van der Waals surface area contributed by atoms with E-state index in [4.69, 9.17) is 9.47 Å². The topological polar surface area (TPSA) is 30.5 Å². The van der Waals surface area contributed by atoms with Crippen LogP contribution in [0.4, 0.5) is 0 Å². The van der Waals surface area contributed by atoms with E-state index in [2.05, 4.69) is 5.32 Å². The molecule has 0 unspecified atom stereocenters. The third-order valence-electron chi connectivity index (χ3n) is 2.92. The summed E-state index contributed by atoms with van der Waals surface area (Å²) in [6, 6.07) is 6.67. The molecule has 1 fully saturated rings. The van der Waals surface area contributed by atoms with Crippen molar-refractivity contribution < 1.29 is 9.47 Å². The summed E-state index contributed by atoms with van der Waals surface area (Å²) in [6.45, 7) is 0.987. The molecule has 16 heavy (non-hydrogen) atoms. The zero-order valence-electron chi connectivity index (χ0n) is 9.95. The van der Waals surface area contributed by atoms with Crippen molar-refractivity contribution in [2.45, 2.75) is 25.3 Å². The SMILES string of the molecule is COc1cccc(OC)c1CCNC1CC1. The molecule has 0 saturated heterocycles. The summed E-state index contributed by atoms with van der Waals surface area (Å²) in [5.41, 5.74) is 1.15. The number of nitrogens with one attached hydrogen (secondary N) is 1. The highest BCUT2D eigenvalue weighted by Crippen LogP contribution is 2.28. The third-order valence-corrected chi connectivity index (χ3v) is 2.92. The molecular formula is C13H19NO2. The lowest BCUT2D eigenvalue weighted by Gasteiger charge is -2.13. The van der Waals surface area contributed by atoms with Crippen LogP contribution in [0.2, 0.25) is 0 Å². The largest absolute Gasteiger partial charge is 0.496 e. The van der Waals surface area contributed by atoms with Crippen LogP contribution in [0.3, 0.4) is 0 Å². The smallest absolute Gasteiger partial charge is 0.125 e. The molecular weight excluding hydrogens is 202 g/mol. The van der Waals surface area contributed by atoms with E-state index in [9.17, 15) is 0 Å². The highest BCUT2D eigenvalue weighted by molar-refractivity contribution is 5.44. The van der Waals surface area contributed by atoms with Gasteiger partial charge in [-0.25, -0.2) is 0 Å². The van der Waals surface area contributed by atoms with E-state index < -0.39 is 0 Å². The van der Waals surface area contributed by atoms with Crippen molar-refractivity contribution in [3.63, 3.8) is 0 Å². The molecule has 2 rings (SSSR count). The molecule has 88 valence electrons. The van der Waals surface area contributed by atoms with Gasteiger partial charge in [-0.2, -0.15) is 0 Å². The molecule has 1 N–H and O–H groups in total. The highest BCUT2D eigenvalue weighted by atomic mass is 16.5. The van der Waals surface area contributed by atoms with Gasteiger partial charge < -0.3 is 14.8 Å². The Balaban J connectivity index is 2.02. The van der Waals surface area contributed by atoms with Crippen molar-refractivity contribution in [1.82, 2.24) is 5.32 Å². The van der Waals surface area contributed by atoms with Crippen LogP contribution in [-0.4, -0.2) is 26.8 Å². The van der Waals surface area contributed by atoms with Crippen LogP contribution < -0.4 is 14.8 Å². The van der Waals surface area contributed by atoms with Crippen molar-refractivity contribution in [3.05, 3.63) is 23.8 Å². The minimum atomic E-state index is 0.751. The van der Waals surface area contributed by atoms with Gasteiger partial charge >= 0.3 is 0 Å². The number of ether oxygens (including phenoxy) is 2. The molecule has 0 bridgehead atoms. The summed E-state index contributed by atoms with van der Waals surface area (Å²) in [5, 5.41) is 3.50. The maximum Gasteiger partial charge on any atom is 0.125 e. The van der Waals surface area contributed by atoms with Crippen LogP contribution in [0.5, 0.6) is 11.5 Å². The van der Waals surface area contributed by atoms with Crippen LogP contribution in [0.15, 0.2) is 18.2 Å². The lowest BCUT2D eigenvalue weighted by Crippen LogP contribution is -2.19. The molecule has 0 spiro atoms. The summed E-state index contributed by atoms with van der Waals surface area (Å²) < 4.78 is 10.7. The number of hydrogen-bond donors (Lipinski definition) is 1. The number of rotatable bonds is 6. The fourth-order valence-corrected chi connectivity index (χ4v) is 1.86. The average Bonchev–Trinajstić information content (AvgIpc) is 3.13. The lowest BCUT2D eigenvalue weighted by molar-refractivity contribution is 0.384. The van der Waals surface area contributed by atoms with E-state index in [0.717, 1.165) is 36.1 Å².